The third-order valence-electron chi connectivity index (χ3n) is 1.83. The van der Waals surface area contributed by atoms with Crippen LogP contribution in [-0.4, -0.2) is 22.4 Å². The van der Waals surface area contributed by atoms with Crippen LogP contribution in [0, 0.1) is 11.3 Å². The molecular formula is C9H6F3N3O3. The fourth-order valence-corrected chi connectivity index (χ4v) is 1.20. The Morgan fingerprint density at radius 1 is 1.61 bits per heavy atom. The molecule has 0 unspecified atom stereocenters. The number of nitriles is 1. The molecular weight excluding hydrogens is 255 g/mol. The van der Waals surface area contributed by atoms with Crippen LogP contribution in [0.5, 0.6) is 5.75 Å². The molecule has 0 saturated carbocycles. The molecule has 1 aromatic rings. The first-order chi connectivity index (χ1) is 8.24. The van der Waals surface area contributed by atoms with Gasteiger partial charge in [-0.3, -0.25) is 4.79 Å². The van der Waals surface area contributed by atoms with Crippen LogP contribution in [0.2, 0.25) is 0 Å². The van der Waals surface area contributed by atoms with Gasteiger partial charge in [0.2, 0.25) is 0 Å². The first-order valence-electron chi connectivity index (χ1n) is 4.39. The molecule has 0 spiro atoms. The SMILES string of the molecule is N#Cc1cnc(N)c(OC(F)(F)F)c1CC(=O)O. The highest BCUT2D eigenvalue weighted by Gasteiger charge is 2.34. The number of hydrogen-bond donors (Lipinski definition) is 2. The summed E-state index contributed by atoms with van der Waals surface area (Å²) in [5.74, 6) is -3.02. The number of ether oxygens (including phenoxy) is 1. The van der Waals surface area contributed by atoms with Gasteiger partial charge in [0, 0.05) is 11.8 Å². The number of nitrogens with two attached hydrogens (primary N) is 1. The summed E-state index contributed by atoms with van der Waals surface area (Å²) in [6.07, 6.45) is -5.00. The highest BCUT2D eigenvalue weighted by Crippen LogP contribution is 2.32. The minimum absolute atomic E-state index is 0.342. The Morgan fingerprint density at radius 2 is 2.22 bits per heavy atom. The highest BCUT2D eigenvalue weighted by molar-refractivity contribution is 5.74. The number of carbonyl (C=O) groups is 1. The van der Waals surface area contributed by atoms with E-state index in [9.17, 15) is 18.0 Å². The number of nitrogens with zero attached hydrogens (tertiary/aromatic N) is 2. The van der Waals surface area contributed by atoms with Crippen molar-refractivity contribution >= 4 is 11.8 Å². The highest BCUT2D eigenvalue weighted by atomic mass is 19.4. The van der Waals surface area contributed by atoms with E-state index < -0.39 is 35.9 Å². The van der Waals surface area contributed by atoms with Crippen molar-refractivity contribution in [1.29, 1.82) is 5.26 Å². The van der Waals surface area contributed by atoms with Crippen molar-refractivity contribution in [3.8, 4) is 11.8 Å². The average molecular weight is 261 g/mol. The molecule has 0 atom stereocenters. The molecule has 0 aliphatic rings. The van der Waals surface area contributed by atoms with Gasteiger partial charge in [0.25, 0.3) is 0 Å². The lowest BCUT2D eigenvalue weighted by atomic mass is 10.1. The number of carboxylic acid groups (broad SMARTS) is 1. The fourth-order valence-electron chi connectivity index (χ4n) is 1.20. The van der Waals surface area contributed by atoms with E-state index in [4.69, 9.17) is 16.1 Å². The Morgan fingerprint density at radius 3 is 2.67 bits per heavy atom. The van der Waals surface area contributed by atoms with Crippen LogP contribution in [0.3, 0.4) is 0 Å². The number of hydrogen-bond acceptors (Lipinski definition) is 5. The number of halogens is 3. The molecule has 96 valence electrons. The van der Waals surface area contributed by atoms with E-state index in [1.54, 1.807) is 0 Å². The second kappa shape index (κ2) is 4.79. The van der Waals surface area contributed by atoms with Crippen LogP contribution in [0.15, 0.2) is 6.20 Å². The van der Waals surface area contributed by atoms with E-state index in [0.29, 0.717) is 0 Å². The Kier molecular flexibility index (Phi) is 3.61. The number of nitrogen functional groups attached to an aromatic ring is 1. The maximum atomic E-state index is 12.1. The van der Waals surface area contributed by atoms with E-state index in [1.807, 2.05) is 0 Å². The maximum Gasteiger partial charge on any atom is 0.573 e. The van der Waals surface area contributed by atoms with E-state index in [0.717, 1.165) is 6.20 Å². The summed E-state index contributed by atoms with van der Waals surface area (Å²) < 4.78 is 40.0. The largest absolute Gasteiger partial charge is 0.573 e. The van der Waals surface area contributed by atoms with Gasteiger partial charge in [0.15, 0.2) is 11.6 Å². The van der Waals surface area contributed by atoms with E-state index in [-0.39, 0.29) is 5.56 Å². The molecule has 0 fully saturated rings. The van der Waals surface area contributed by atoms with Crippen molar-refractivity contribution in [2.24, 2.45) is 0 Å². The van der Waals surface area contributed by atoms with Gasteiger partial charge in [0.1, 0.15) is 6.07 Å². The number of carboxylic acids is 1. The normalized spacial score (nSPS) is 10.8. The van der Waals surface area contributed by atoms with Gasteiger partial charge in [-0.2, -0.15) is 5.26 Å². The summed E-state index contributed by atoms with van der Waals surface area (Å²) in [5, 5.41) is 17.3. The van der Waals surface area contributed by atoms with Gasteiger partial charge in [-0.05, 0) is 0 Å². The summed E-state index contributed by atoms with van der Waals surface area (Å²) in [6.45, 7) is 0. The van der Waals surface area contributed by atoms with E-state index >= 15 is 0 Å². The molecule has 0 bridgehead atoms. The molecule has 1 rings (SSSR count). The lowest BCUT2D eigenvalue weighted by molar-refractivity contribution is -0.274. The molecule has 0 saturated heterocycles. The Labute approximate surface area is 98.4 Å². The summed E-state index contributed by atoms with van der Waals surface area (Å²) in [4.78, 5) is 13.9. The van der Waals surface area contributed by atoms with Gasteiger partial charge in [-0.1, -0.05) is 0 Å². The van der Waals surface area contributed by atoms with Gasteiger partial charge in [0.05, 0.1) is 12.0 Å². The number of aromatic nitrogens is 1. The molecule has 1 heterocycles. The molecule has 9 heteroatoms. The van der Waals surface area contributed by atoms with Crippen LogP contribution < -0.4 is 10.5 Å². The van der Waals surface area contributed by atoms with Crippen molar-refractivity contribution in [2.75, 3.05) is 5.73 Å². The average Bonchev–Trinajstić information content (AvgIpc) is 2.21. The molecule has 0 radical (unpaired) electrons. The number of alkyl halides is 3. The molecule has 0 aliphatic carbocycles. The van der Waals surface area contributed by atoms with Crippen molar-refractivity contribution in [3.05, 3.63) is 17.3 Å². The van der Waals surface area contributed by atoms with Gasteiger partial charge < -0.3 is 15.6 Å². The van der Waals surface area contributed by atoms with Crippen molar-refractivity contribution < 1.29 is 27.8 Å². The van der Waals surface area contributed by atoms with Crippen LogP contribution in [-0.2, 0) is 11.2 Å². The second-order valence-corrected chi connectivity index (χ2v) is 3.09. The maximum absolute atomic E-state index is 12.1. The summed E-state index contributed by atoms with van der Waals surface area (Å²) in [5.41, 5.74) is 4.38. The molecule has 0 aliphatic heterocycles. The first kappa shape index (κ1) is 13.6. The van der Waals surface area contributed by atoms with E-state index in [1.165, 1.54) is 6.07 Å². The van der Waals surface area contributed by atoms with Gasteiger partial charge in [-0.25, -0.2) is 4.98 Å². The predicted octanol–water partition coefficient (Wildman–Crippen LogP) is 1.06. The molecule has 0 amide bonds. The smallest absolute Gasteiger partial charge is 0.481 e. The summed E-state index contributed by atoms with van der Waals surface area (Å²) in [7, 11) is 0. The zero-order chi connectivity index (χ0) is 13.9. The van der Waals surface area contributed by atoms with Crippen LogP contribution >= 0.6 is 0 Å². The number of anilines is 1. The van der Waals surface area contributed by atoms with Gasteiger partial charge >= 0.3 is 12.3 Å². The molecule has 1 aromatic heterocycles. The lowest BCUT2D eigenvalue weighted by Crippen LogP contribution is -2.20. The van der Waals surface area contributed by atoms with Crippen LogP contribution in [0.25, 0.3) is 0 Å². The standard InChI is InChI=1S/C9H6F3N3O3/c10-9(11,12)18-7-5(1-6(16)17)4(2-13)3-15-8(7)14/h3H,1H2,(H2,14,15)(H,16,17). The number of pyridine rings is 1. The molecule has 0 aromatic carbocycles. The summed E-state index contributed by atoms with van der Waals surface area (Å²) in [6, 6.07) is 1.53. The number of aliphatic carboxylic acids is 1. The molecule has 6 nitrogen and oxygen atoms in total. The van der Waals surface area contributed by atoms with Crippen LogP contribution in [0.4, 0.5) is 19.0 Å². The molecule has 18 heavy (non-hydrogen) atoms. The van der Waals surface area contributed by atoms with Crippen molar-refractivity contribution in [1.82, 2.24) is 4.98 Å². The summed E-state index contributed by atoms with van der Waals surface area (Å²) >= 11 is 0. The predicted molar refractivity (Wildman–Crippen MR) is 51.4 cm³/mol. The third kappa shape index (κ3) is 3.24. The Balaban J connectivity index is 3.37. The topological polar surface area (TPSA) is 109 Å². The zero-order valence-corrected chi connectivity index (χ0v) is 8.65. The molecule has 3 N–H and O–H groups in total. The third-order valence-corrected chi connectivity index (χ3v) is 1.83. The van der Waals surface area contributed by atoms with Crippen molar-refractivity contribution in [2.45, 2.75) is 12.8 Å². The van der Waals surface area contributed by atoms with E-state index in [2.05, 4.69) is 9.72 Å². The van der Waals surface area contributed by atoms with Gasteiger partial charge in [-0.15, -0.1) is 13.2 Å². The lowest BCUT2D eigenvalue weighted by Gasteiger charge is -2.14. The fraction of sp³-hybridized carbons (Fsp3) is 0.222. The number of rotatable bonds is 3. The Bertz CT molecular complexity index is 522. The second-order valence-electron chi connectivity index (χ2n) is 3.09. The minimum atomic E-state index is -5.06. The monoisotopic (exact) mass is 261 g/mol. The first-order valence-corrected chi connectivity index (χ1v) is 4.39. The zero-order valence-electron chi connectivity index (χ0n) is 8.65. The van der Waals surface area contributed by atoms with Crippen LogP contribution in [0.1, 0.15) is 11.1 Å². The minimum Gasteiger partial charge on any atom is -0.481 e. The quantitative estimate of drug-likeness (QED) is 0.841. The van der Waals surface area contributed by atoms with Crippen molar-refractivity contribution in [3.63, 3.8) is 0 Å². The Hall–Kier alpha value is -2.50.